The highest BCUT2D eigenvalue weighted by Gasteiger charge is 2.23. The Morgan fingerprint density at radius 3 is 2.65 bits per heavy atom. The third-order valence-electron chi connectivity index (χ3n) is 5.64. The Bertz CT molecular complexity index is 965. The molecule has 0 aromatic heterocycles. The number of amides is 1. The second-order valence-electron chi connectivity index (χ2n) is 8.14. The number of carbonyl (C=O) groups excluding carboxylic acids is 1. The number of ether oxygens (including phenoxy) is 1. The van der Waals surface area contributed by atoms with Gasteiger partial charge in [0, 0.05) is 30.3 Å². The Morgan fingerprint density at radius 1 is 1.13 bits per heavy atom. The molecule has 2 aromatic rings. The highest BCUT2D eigenvalue weighted by atomic mass is 16.5. The number of anilines is 1. The molecular formula is C24H27N3O4. The number of benzene rings is 2. The van der Waals surface area contributed by atoms with Gasteiger partial charge in [0.25, 0.3) is 5.91 Å². The standard InChI is InChI=1S/C24H27N3O4/c28-23(29)13-18-12-20-14-19(6-9-22(20)31-16-18)24(30)26-21-7-4-17(5-8-21)15-25-27-10-2-1-3-11-27/h4-9,14-15,18H,1-3,10-13,16H2,(H,26,30)(H,28,29). The number of piperidine rings is 1. The van der Waals surface area contributed by atoms with Crippen LogP contribution in [0.2, 0.25) is 0 Å². The van der Waals surface area contributed by atoms with Crippen LogP contribution in [0.25, 0.3) is 0 Å². The Morgan fingerprint density at radius 2 is 1.90 bits per heavy atom. The summed E-state index contributed by atoms with van der Waals surface area (Å²) in [6, 6.07) is 12.9. The van der Waals surface area contributed by atoms with E-state index in [1.165, 1.54) is 19.3 Å². The highest BCUT2D eigenvalue weighted by Crippen LogP contribution is 2.30. The van der Waals surface area contributed by atoms with E-state index in [2.05, 4.69) is 15.4 Å². The fourth-order valence-corrected chi connectivity index (χ4v) is 3.97. The van der Waals surface area contributed by atoms with Crippen molar-refractivity contribution in [3.63, 3.8) is 0 Å². The predicted molar refractivity (Wildman–Crippen MR) is 119 cm³/mol. The van der Waals surface area contributed by atoms with E-state index in [9.17, 15) is 9.59 Å². The molecule has 7 heteroatoms. The first-order valence-corrected chi connectivity index (χ1v) is 10.7. The summed E-state index contributed by atoms with van der Waals surface area (Å²) in [5.74, 6) is -0.411. The van der Waals surface area contributed by atoms with Crippen LogP contribution >= 0.6 is 0 Å². The van der Waals surface area contributed by atoms with Crippen LogP contribution in [0.3, 0.4) is 0 Å². The smallest absolute Gasteiger partial charge is 0.303 e. The molecule has 0 saturated carbocycles. The quantitative estimate of drug-likeness (QED) is 0.693. The summed E-state index contributed by atoms with van der Waals surface area (Å²) in [5, 5.41) is 18.5. The third kappa shape index (κ3) is 5.63. The van der Waals surface area contributed by atoms with Gasteiger partial charge >= 0.3 is 5.97 Å². The van der Waals surface area contributed by atoms with Crippen LogP contribution in [-0.2, 0) is 11.2 Å². The number of nitrogens with one attached hydrogen (secondary N) is 1. The maximum Gasteiger partial charge on any atom is 0.303 e. The minimum Gasteiger partial charge on any atom is -0.493 e. The Kier molecular flexibility index (Phi) is 6.50. The topological polar surface area (TPSA) is 91.2 Å². The van der Waals surface area contributed by atoms with Crippen molar-refractivity contribution >= 4 is 23.8 Å². The molecule has 162 valence electrons. The summed E-state index contributed by atoms with van der Waals surface area (Å²) in [7, 11) is 0. The first-order chi connectivity index (χ1) is 15.1. The summed E-state index contributed by atoms with van der Waals surface area (Å²) in [5.41, 5.74) is 3.08. The van der Waals surface area contributed by atoms with E-state index in [1.54, 1.807) is 18.2 Å². The molecule has 2 aliphatic heterocycles. The van der Waals surface area contributed by atoms with Gasteiger partial charge in [-0.2, -0.15) is 5.10 Å². The lowest BCUT2D eigenvalue weighted by Crippen LogP contribution is -2.24. The van der Waals surface area contributed by atoms with Gasteiger partial charge in [-0.05, 0) is 67.1 Å². The van der Waals surface area contributed by atoms with Gasteiger partial charge in [0.1, 0.15) is 5.75 Å². The molecule has 1 fully saturated rings. The minimum absolute atomic E-state index is 0.0588. The molecule has 2 aromatic carbocycles. The van der Waals surface area contributed by atoms with Crippen molar-refractivity contribution in [3.05, 3.63) is 59.2 Å². The number of hydrazone groups is 1. The van der Waals surface area contributed by atoms with Crippen molar-refractivity contribution in [2.45, 2.75) is 32.1 Å². The lowest BCUT2D eigenvalue weighted by molar-refractivity contribution is -0.138. The molecule has 1 unspecified atom stereocenters. The maximum atomic E-state index is 12.7. The molecule has 4 rings (SSSR count). The van der Waals surface area contributed by atoms with Crippen molar-refractivity contribution in [3.8, 4) is 5.75 Å². The van der Waals surface area contributed by atoms with Crippen molar-refractivity contribution in [2.75, 3.05) is 25.0 Å². The molecule has 1 saturated heterocycles. The van der Waals surface area contributed by atoms with E-state index in [0.29, 0.717) is 24.3 Å². The van der Waals surface area contributed by atoms with Crippen molar-refractivity contribution in [2.24, 2.45) is 11.0 Å². The van der Waals surface area contributed by atoms with E-state index >= 15 is 0 Å². The monoisotopic (exact) mass is 421 g/mol. The molecular weight excluding hydrogens is 394 g/mol. The fraction of sp³-hybridized carbons (Fsp3) is 0.375. The molecule has 0 spiro atoms. The molecule has 31 heavy (non-hydrogen) atoms. The van der Waals surface area contributed by atoms with Crippen LogP contribution in [0.1, 0.15) is 47.2 Å². The van der Waals surface area contributed by atoms with Gasteiger partial charge in [-0.15, -0.1) is 0 Å². The molecule has 1 atom stereocenters. The van der Waals surface area contributed by atoms with Crippen molar-refractivity contribution < 1.29 is 19.4 Å². The van der Waals surface area contributed by atoms with Gasteiger partial charge in [-0.25, -0.2) is 0 Å². The third-order valence-corrected chi connectivity index (χ3v) is 5.64. The fourth-order valence-electron chi connectivity index (χ4n) is 3.97. The van der Waals surface area contributed by atoms with E-state index in [4.69, 9.17) is 9.84 Å². The van der Waals surface area contributed by atoms with Gasteiger partial charge in [0.05, 0.1) is 19.2 Å². The van der Waals surface area contributed by atoms with Crippen molar-refractivity contribution in [1.29, 1.82) is 0 Å². The minimum atomic E-state index is -0.838. The van der Waals surface area contributed by atoms with Gasteiger partial charge in [0.2, 0.25) is 0 Å². The number of fused-ring (bicyclic) bond motifs is 1. The van der Waals surface area contributed by atoms with Crippen LogP contribution in [0.15, 0.2) is 47.6 Å². The van der Waals surface area contributed by atoms with Crippen LogP contribution in [0.5, 0.6) is 5.75 Å². The zero-order valence-electron chi connectivity index (χ0n) is 17.4. The van der Waals surface area contributed by atoms with Crippen LogP contribution in [-0.4, -0.2) is 47.9 Å². The zero-order chi connectivity index (χ0) is 21.6. The molecule has 2 aliphatic rings. The van der Waals surface area contributed by atoms with E-state index in [0.717, 1.165) is 30.0 Å². The number of hydrogen-bond acceptors (Lipinski definition) is 5. The molecule has 7 nitrogen and oxygen atoms in total. The first kappa shape index (κ1) is 20.9. The SMILES string of the molecule is O=C(O)CC1COc2ccc(C(=O)Nc3ccc(C=NN4CCCCC4)cc3)cc2C1. The lowest BCUT2D eigenvalue weighted by Gasteiger charge is -2.24. The number of carboxylic acid groups (broad SMARTS) is 1. The highest BCUT2D eigenvalue weighted by molar-refractivity contribution is 6.04. The molecule has 0 aliphatic carbocycles. The number of rotatable bonds is 6. The number of hydrogen-bond donors (Lipinski definition) is 2. The summed E-state index contributed by atoms with van der Waals surface area (Å²) >= 11 is 0. The molecule has 0 bridgehead atoms. The Labute approximate surface area is 181 Å². The van der Waals surface area contributed by atoms with Gasteiger partial charge in [-0.1, -0.05) is 12.1 Å². The number of carbonyl (C=O) groups is 2. The summed E-state index contributed by atoms with van der Waals surface area (Å²) < 4.78 is 5.66. The van der Waals surface area contributed by atoms with Gasteiger partial charge in [-0.3, -0.25) is 14.6 Å². The average Bonchev–Trinajstić information content (AvgIpc) is 2.78. The number of carboxylic acids is 1. The average molecular weight is 421 g/mol. The second-order valence-corrected chi connectivity index (χ2v) is 8.14. The van der Waals surface area contributed by atoms with Gasteiger partial charge < -0.3 is 15.2 Å². The number of nitrogens with zero attached hydrogens (tertiary/aromatic N) is 2. The van der Waals surface area contributed by atoms with E-state index < -0.39 is 5.97 Å². The van der Waals surface area contributed by atoms with E-state index in [1.807, 2.05) is 30.5 Å². The van der Waals surface area contributed by atoms with Crippen LogP contribution < -0.4 is 10.1 Å². The molecule has 0 radical (unpaired) electrons. The van der Waals surface area contributed by atoms with Crippen LogP contribution in [0, 0.1) is 5.92 Å². The van der Waals surface area contributed by atoms with Crippen LogP contribution in [0.4, 0.5) is 5.69 Å². The molecule has 2 N–H and O–H groups in total. The molecule has 2 heterocycles. The Hall–Kier alpha value is -3.35. The maximum absolute atomic E-state index is 12.7. The summed E-state index contributed by atoms with van der Waals surface area (Å²) in [6.07, 6.45) is 6.17. The lowest BCUT2D eigenvalue weighted by atomic mass is 9.93. The van der Waals surface area contributed by atoms with Crippen molar-refractivity contribution in [1.82, 2.24) is 5.01 Å². The molecule has 1 amide bonds. The van der Waals surface area contributed by atoms with E-state index in [-0.39, 0.29) is 18.2 Å². The number of aliphatic carboxylic acids is 1. The van der Waals surface area contributed by atoms with Gasteiger partial charge in [0.15, 0.2) is 0 Å². The summed E-state index contributed by atoms with van der Waals surface area (Å²) in [6.45, 7) is 2.40. The normalized spacial score (nSPS) is 18.3. The predicted octanol–water partition coefficient (Wildman–Crippen LogP) is 3.78. The summed E-state index contributed by atoms with van der Waals surface area (Å²) in [4.78, 5) is 23.7. The zero-order valence-corrected chi connectivity index (χ0v) is 17.4. The first-order valence-electron chi connectivity index (χ1n) is 10.7. The Balaban J connectivity index is 1.37. The second kappa shape index (κ2) is 9.64. The largest absolute Gasteiger partial charge is 0.493 e.